The molecular weight excluding hydrogens is 282 g/mol. The monoisotopic (exact) mass is 303 g/mol. The first-order valence-electron chi connectivity index (χ1n) is 7.79. The van der Waals surface area contributed by atoms with Crippen LogP contribution in [0.3, 0.4) is 0 Å². The summed E-state index contributed by atoms with van der Waals surface area (Å²) >= 11 is 0. The van der Waals surface area contributed by atoms with Gasteiger partial charge >= 0.3 is 0 Å². The highest BCUT2D eigenvalue weighted by atomic mass is 16.5. The van der Waals surface area contributed by atoms with E-state index in [1.54, 1.807) is 13.8 Å². The molecule has 0 saturated carbocycles. The van der Waals surface area contributed by atoms with E-state index in [-0.39, 0.29) is 5.91 Å². The molecule has 1 aliphatic rings. The molecule has 1 amide bonds. The van der Waals surface area contributed by atoms with Crippen molar-refractivity contribution in [2.45, 2.75) is 52.5 Å². The number of carbonyl (C=O) groups excluding carboxylic acids is 1. The molecule has 3 heterocycles. The number of hydrogen-bond acceptors (Lipinski definition) is 5. The summed E-state index contributed by atoms with van der Waals surface area (Å²) in [6.07, 6.45) is 5.27. The van der Waals surface area contributed by atoms with Gasteiger partial charge in [0.2, 0.25) is 0 Å². The third-order valence-corrected chi connectivity index (χ3v) is 4.08. The van der Waals surface area contributed by atoms with Gasteiger partial charge in [0.05, 0.1) is 5.69 Å². The van der Waals surface area contributed by atoms with Crippen LogP contribution < -0.4 is 5.32 Å². The fourth-order valence-electron chi connectivity index (χ4n) is 2.91. The second kappa shape index (κ2) is 6.29. The molecule has 2 aromatic rings. The zero-order valence-electron chi connectivity index (χ0n) is 13.1. The molecule has 7 nitrogen and oxygen atoms in total. The minimum absolute atomic E-state index is 0.146. The van der Waals surface area contributed by atoms with Crippen LogP contribution in [0, 0.1) is 13.8 Å². The first-order chi connectivity index (χ1) is 10.7. The molecule has 0 bridgehead atoms. The third-order valence-electron chi connectivity index (χ3n) is 4.08. The van der Waals surface area contributed by atoms with Crippen LogP contribution in [0.4, 0.5) is 0 Å². The topological polar surface area (TPSA) is 85.8 Å². The summed E-state index contributed by atoms with van der Waals surface area (Å²) in [4.78, 5) is 12.2. The highest BCUT2D eigenvalue weighted by Crippen LogP contribution is 2.15. The molecule has 7 heteroatoms. The van der Waals surface area contributed by atoms with Gasteiger partial charge in [-0.1, -0.05) is 11.6 Å². The summed E-state index contributed by atoms with van der Waals surface area (Å²) < 4.78 is 7.22. The third kappa shape index (κ3) is 2.88. The Morgan fingerprint density at radius 2 is 2.14 bits per heavy atom. The van der Waals surface area contributed by atoms with Crippen LogP contribution in [0.2, 0.25) is 0 Å². The second-order valence-corrected chi connectivity index (χ2v) is 5.70. The highest BCUT2D eigenvalue weighted by molar-refractivity contribution is 5.96. The molecule has 0 aliphatic carbocycles. The van der Waals surface area contributed by atoms with E-state index < -0.39 is 0 Å². The maximum absolute atomic E-state index is 12.2. The maximum Gasteiger partial charge on any atom is 0.256 e. The van der Waals surface area contributed by atoms with Crippen molar-refractivity contribution in [3.8, 4) is 0 Å². The summed E-state index contributed by atoms with van der Waals surface area (Å²) in [5.74, 6) is 2.43. The average Bonchev–Trinajstić information content (AvgIpc) is 2.93. The number of aryl methyl sites for hydroxylation is 3. The number of rotatable bonds is 4. The van der Waals surface area contributed by atoms with Crippen LogP contribution in [0.15, 0.2) is 4.52 Å². The highest BCUT2D eigenvalue weighted by Gasteiger charge is 2.18. The van der Waals surface area contributed by atoms with Crippen LogP contribution in [-0.4, -0.2) is 32.4 Å². The van der Waals surface area contributed by atoms with E-state index in [0.29, 0.717) is 30.0 Å². The van der Waals surface area contributed by atoms with Crippen LogP contribution >= 0.6 is 0 Å². The number of carbonyl (C=O) groups is 1. The Morgan fingerprint density at radius 1 is 1.27 bits per heavy atom. The molecule has 1 aliphatic heterocycles. The zero-order chi connectivity index (χ0) is 15.5. The van der Waals surface area contributed by atoms with Crippen LogP contribution in [0.25, 0.3) is 0 Å². The molecule has 118 valence electrons. The number of fused-ring (bicyclic) bond motifs is 1. The smallest absolute Gasteiger partial charge is 0.256 e. The Kier molecular flexibility index (Phi) is 4.22. The number of amides is 1. The fraction of sp³-hybridized carbons (Fsp3) is 0.600. The summed E-state index contributed by atoms with van der Waals surface area (Å²) in [5.41, 5.74) is 1.14. The summed E-state index contributed by atoms with van der Waals surface area (Å²) in [6, 6.07) is 0. The minimum Gasteiger partial charge on any atom is -0.361 e. The normalized spacial score (nSPS) is 14.5. The van der Waals surface area contributed by atoms with Crippen molar-refractivity contribution >= 4 is 5.91 Å². The molecule has 0 aromatic carbocycles. The van der Waals surface area contributed by atoms with Crippen molar-refractivity contribution in [2.24, 2.45) is 0 Å². The largest absolute Gasteiger partial charge is 0.361 e. The van der Waals surface area contributed by atoms with Gasteiger partial charge in [0.25, 0.3) is 5.91 Å². The lowest BCUT2D eigenvalue weighted by molar-refractivity contribution is 0.0952. The fourth-order valence-corrected chi connectivity index (χ4v) is 2.91. The van der Waals surface area contributed by atoms with Gasteiger partial charge in [-0.25, -0.2) is 0 Å². The minimum atomic E-state index is -0.146. The van der Waals surface area contributed by atoms with E-state index in [2.05, 4.69) is 25.2 Å². The quantitative estimate of drug-likeness (QED) is 0.927. The molecule has 22 heavy (non-hydrogen) atoms. The summed E-state index contributed by atoms with van der Waals surface area (Å²) in [6.45, 7) is 5.02. The molecule has 0 fully saturated rings. The van der Waals surface area contributed by atoms with Gasteiger partial charge in [-0.3, -0.25) is 4.79 Å². The van der Waals surface area contributed by atoms with E-state index in [1.165, 1.54) is 19.3 Å². The standard InChI is InChI=1S/C15H21N5O2/c1-10-14(11(2)22-19-10)15(21)16-8-7-13-18-17-12-6-4-3-5-9-20(12)13/h3-9H2,1-2H3,(H,16,21). The Balaban J connectivity index is 1.60. The summed E-state index contributed by atoms with van der Waals surface area (Å²) in [7, 11) is 0. The van der Waals surface area contributed by atoms with Crippen molar-refractivity contribution in [1.82, 2.24) is 25.2 Å². The van der Waals surface area contributed by atoms with Crippen molar-refractivity contribution in [1.29, 1.82) is 0 Å². The van der Waals surface area contributed by atoms with Gasteiger partial charge in [0.15, 0.2) is 0 Å². The first-order valence-corrected chi connectivity index (χ1v) is 7.79. The van der Waals surface area contributed by atoms with Crippen LogP contribution in [-0.2, 0) is 19.4 Å². The van der Waals surface area contributed by atoms with Gasteiger partial charge in [0.1, 0.15) is 23.0 Å². The number of nitrogens with zero attached hydrogens (tertiary/aromatic N) is 4. The Hall–Kier alpha value is -2.18. The lowest BCUT2D eigenvalue weighted by Crippen LogP contribution is -2.27. The van der Waals surface area contributed by atoms with Gasteiger partial charge in [-0.15, -0.1) is 10.2 Å². The molecule has 0 atom stereocenters. The van der Waals surface area contributed by atoms with E-state index in [1.807, 2.05) is 0 Å². The number of hydrogen-bond donors (Lipinski definition) is 1. The summed E-state index contributed by atoms with van der Waals surface area (Å²) in [5, 5.41) is 15.2. The predicted molar refractivity (Wildman–Crippen MR) is 79.6 cm³/mol. The van der Waals surface area contributed by atoms with Crippen LogP contribution in [0.5, 0.6) is 0 Å². The molecule has 0 radical (unpaired) electrons. The van der Waals surface area contributed by atoms with Gasteiger partial charge in [-0.2, -0.15) is 0 Å². The van der Waals surface area contributed by atoms with E-state index in [4.69, 9.17) is 4.52 Å². The Morgan fingerprint density at radius 3 is 2.91 bits per heavy atom. The van der Waals surface area contributed by atoms with E-state index in [9.17, 15) is 4.79 Å². The van der Waals surface area contributed by atoms with Crippen molar-refractivity contribution in [3.63, 3.8) is 0 Å². The van der Waals surface area contributed by atoms with E-state index >= 15 is 0 Å². The zero-order valence-corrected chi connectivity index (χ0v) is 13.1. The molecule has 3 rings (SSSR count). The van der Waals surface area contributed by atoms with Crippen molar-refractivity contribution in [3.05, 3.63) is 28.7 Å². The molecular formula is C15H21N5O2. The van der Waals surface area contributed by atoms with Gasteiger partial charge in [0, 0.05) is 25.9 Å². The maximum atomic E-state index is 12.2. The first kappa shape index (κ1) is 14.7. The number of aromatic nitrogens is 4. The van der Waals surface area contributed by atoms with E-state index in [0.717, 1.165) is 24.6 Å². The molecule has 0 saturated heterocycles. The molecule has 0 unspecified atom stereocenters. The molecule has 0 spiro atoms. The lowest BCUT2D eigenvalue weighted by atomic mass is 10.2. The number of nitrogens with one attached hydrogen (secondary N) is 1. The van der Waals surface area contributed by atoms with Crippen molar-refractivity contribution in [2.75, 3.05) is 6.54 Å². The Bertz CT molecular complexity index is 654. The second-order valence-electron chi connectivity index (χ2n) is 5.70. The molecule has 1 N–H and O–H groups in total. The van der Waals surface area contributed by atoms with Crippen molar-refractivity contribution < 1.29 is 9.32 Å². The van der Waals surface area contributed by atoms with Crippen LogP contribution in [0.1, 0.15) is 52.7 Å². The molecule has 2 aromatic heterocycles. The SMILES string of the molecule is Cc1noc(C)c1C(=O)NCCc1nnc2n1CCCCC2. The predicted octanol–water partition coefficient (Wildman–Crippen LogP) is 1.58. The van der Waals surface area contributed by atoms with Gasteiger partial charge < -0.3 is 14.4 Å². The lowest BCUT2D eigenvalue weighted by Gasteiger charge is -2.07. The Labute approximate surface area is 129 Å². The van der Waals surface area contributed by atoms with Gasteiger partial charge in [-0.05, 0) is 26.7 Å². The average molecular weight is 303 g/mol.